The molecular weight excluding hydrogens is 458 g/mol. The number of nitrogens with zero attached hydrogens (tertiary/aromatic N) is 2. The molecule has 1 fully saturated rings. The number of anilines is 1. The average Bonchev–Trinajstić information content (AvgIpc) is 2.78. The molecule has 184 valence electrons. The predicted octanol–water partition coefficient (Wildman–Crippen LogP) is 2.33. The van der Waals surface area contributed by atoms with Gasteiger partial charge in [-0.3, -0.25) is 9.69 Å². The van der Waals surface area contributed by atoms with Gasteiger partial charge in [0.25, 0.3) is 0 Å². The molecule has 10 heteroatoms. The Labute approximate surface area is 200 Å². The molecule has 2 atom stereocenters. The van der Waals surface area contributed by atoms with Gasteiger partial charge in [-0.05, 0) is 62.9 Å². The molecule has 0 aliphatic carbocycles. The maximum Gasteiger partial charge on any atom is 0.243 e. The van der Waals surface area contributed by atoms with E-state index in [4.69, 9.17) is 14.2 Å². The number of carbonyl (C=O) groups excluding carboxylic acids is 1. The van der Waals surface area contributed by atoms with Crippen LogP contribution in [-0.4, -0.2) is 75.6 Å². The highest BCUT2D eigenvalue weighted by atomic mass is 32.2. The van der Waals surface area contributed by atoms with E-state index in [-0.39, 0.29) is 29.6 Å². The molecule has 2 aliphatic rings. The van der Waals surface area contributed by atoms with Gasteiger partial charge < -0.3 is 19.5 Å². The highest BCUT2D eigenvalue weighted by molar-refractivity contribution is 7.89. The van der Waals surface area contributed by atoms with Gasteiger partial charge in [0, 0.05) is 25.3 Å². The van der Waals surface area contributed by atoms with E-state index in [1.807, 2.05) is 44.0 Å². The summed E-state index contributed by atoms with van der Waals surface area (Å²) in [5.41, 5.74) is 1.56. The van der Waals surface area contributed by atoms with Crippen molar-refractivity contribution in [1.29, 1.82) is 0 Å². The van der Waals surface area contributed by atoms with Crippen molar-refractivity contribution < 1.29 is 27.4 Å². The fourth-order valence-corrected chi connectivity index (χ4v) is 5.78. The van der Waals surface area contributed by atoms with E-state index in [1.54, 1.807) is 12.1 Å². The first kappa shape index (κ1) is 24.5. The van der Waals surface area contributed by atoms with Crippen molar-refractivity contribution in [3.8, 4) is 11.5 Å². The number of amides is 1. The Morgan fingerprint density at radius 3 is 2.35 bits per heavy atom. The summed E-state index contributed by atoms with van der Waals surface area (Å²) >= 11 is 0. The Hall–Kier alpha value is -2.66. The Morgan fingerprint density at radius 1 is 1.03 bits per heavy atom. The third-order valence-corrected chi connectivity index (χ3v) is 7.48. The summed E-state index contributed by atoms with van der Waals surface area (Å²) in [7, 11) is -1.76. The van der Waals surface area contributed by atoms with Crippen LogP contribution in [0.4, 0.5) is 5.69 Å². The predicted molar refractivity (Wildman–Crippen MR) is 128 cm³/mol. The topological polar surface area (TPSA) is 97.4 Å². The minimum absolute atomic E-state index is 0.156. The largest absolute Gasteiger partial charge is 0.486 e. The molecule has 4 rings (SSSR count). The van der Waals surface area contributed by atoms with Crippen LogP contribution in [0.2, 0.25) is 0 Å². The molecule has 9 nitrogen and oxygen atoms in total. The van der Waals surface area contributed by atoms with Crippen LogP contribution in [0, 0.1) is 0 Å². The van der Waals surface area contributed by atoms with Crippen LogP contribution in [0.15, 0.2) is 47.4 Å². The van der Waals surface area contributed by atoms with Crippen molar-refractivity contribution in [1.82, 2.24) is 9.21 Å². The summed E-state index contributed by atoms with van der Waals surface area (Å²) in [6.07, 6.45) is -0.313. The van der Waals surface area contributed by atoms with E-state index in [1.165, 1.54) is 16.4 Å². The molecule has 1 amide bonds. The van der Waals surface area contributed by atoms with Crippen molar-refractivity contribution in [2.24, 2.45) is 0 Å². The maximum atomic E-state index is 13.0. The van der Waals surface area contributed by atoms with Crippen LogP contribution in [0.25, 0.3) is 0 Å². The van der Waals surface area contributed by atoms with Crippen LogP contribution < -0.4 is 14.8 Å². The molecule has 2 aliphatic heterocycles. The normalized spacial score (nSPS) is 20.8. The first-order valence-corrected chi connectivity index (χ1v) is 12.8. The molecule has 0 radical (unpaired) electrons. The highest BCUT2D eigenvalue weighted by Gasteiger charge is 2.32. The number of nitrogens with one attached hydrogen (secondary N) is 1. The fraction of sp³-hybridized carbons (Fsp3) is 0.458. The van der Waals surface area contributed by atoms with E-state index in [0.29, 0.717) is 38.5 Å². The van der Waals surface area contributed by atoms with E-state index in [2.05, 4.69) is 5.32 Å². The van der Waals surface area contributed by atoms with Gasteiger partial charge in [0.05, 0.1) is 23.6 Å². The molecule has 0 spiro atoms. The molecule has 1 N–H and O–H groups in total. The zero-order chi connectivity index (χ0) is 24.3. The zero-order valence-corrected chi connectivity index (χ0v) is 20.5. The number of morpholine rings is 1. The summed E-state index contributed by atoms with van der Waals surface area (Å²) in [5.74, 6) is 1.27. The van der Waals surface area contributed by atoms with Gasteiger partial charge in [0.1, 0.15) is 13.2 Å². The Bertz CT molecular complexity index is 1110. The molecule has 0 aromatic heterocycles. The molecule has 2 unspecified atom stereocenters. The van der Waals surface area contributed by atoms with Gasteiger partial charge in [0.15, 0.2) is 11.5 Å². The smallest absolute Gasteiger partial charge is 0.243 e. The van der Waals surface area contributed by atoms with Crippen LogP contribution in [-0.2, 0) is 26.1 Å². The molecule has 0 saturated carbocycles. The van der Waals surface area contributed by atoms with Gasteiger partial charge in [-0.25, -0.2) is 8.42 Å². The van der Waals surface area contributed by atoms with Crippen LogP contribution in [0.5, 0.6) is 11.5 Å². The Balaban J connectivity index is 1.32. The van der Waals surface area contributed by atoms with E-state index >= 15 is 0 Å². The van der Waals surface area contributed by atoms with E-state index in [0.717, 1.165) is 17.1 Å². The zero-order valence-electron chi connectivity index (χ0n) is 19.7. The molecule has 2 heterocycles. The monoisotopic (exact) mass is 489 g/mol. The minimum atomic E-state index is -3.62. The number of hydrogen-bond acceptors (Lipinski definition) is 7. The van der Waals surface area contributed by atoms with Crippen molar-refractivity contribution in [3.05, 3.63) is 48.0 Å². The minimum Gasteiger partial charge on any atom is -0.486 e. The van der Waals surface area contributed by atoms with Crippen molar-refractivity contribution in [2.75, 3.05) is 45.2 Å². The van der Waals surface area contributed by atoms with Crippen molar-refractivity contribution in [3.63, 3.8) is 0 Å². The number of fused-ring (bicyclic) bond motifs is 1. The van der Waals surface area contributed by atoms with Gasteiger partial charge in [0.2, 0.25) is 15.9 Å². The van der Waals surface area contributed by atoms with Crippen LogP contribution >= 0.6 is 0 Å². The lowest BCUT2D eigenvalue weighted by Gasteiger charge is -2.34. The number of carbonyl (C=O) groups is 1. The molecular formula is C24H31N3O6S. The molecule has 2 aromatic carbocycles. The summed E-state index contributed by atoms with van der Waals surface area (Å²) in [6, 6.07) is 12.0. The molecule has 2 aromatic rings. The molecule has 34 heavy (non-hydrogen) atoms. The quantitative estimate of drug-likeness (QED) is 0.638. The van der Waals surface area contributed by atoms with Crippen LogP contribution in [0.1, 0.15) is 19.4 Å². The standard InChI is InChI=1S/C24H31N3O6S/c1-17-13-27(14-18(2)33-17)34(29,30)21-7-5-20(6-8-21)25-24(28)16-26(3)15-19-4-9-22-23(12-19)32-11-10-31-22/h4-9,12,17-18H,10-11,13-16H2,1-3H3,(H,25,28). The summed E-state index contributed by atoms with van der Waals surface area (Å²) in [6.45, 7) is 6.19. The van der Waals surface area contributed by atoms with E-state index in [9.17, 15) is 13.2 Å². The van der Waals surface area contributed by atoms with Crippen molar-refractivity contribution >= 4 is 21.6 Å². The van der Waals surface area contributed by atoms with Crippen LogP contribution in [0.3, 0.4) is 0 Å². The molecule has 0 bridgehead atoms. The second-order valence-corrected chi connectivity index (χ2v) is 10.7. The fourth-order valence-electron chi connectivity index (χ4n) is 4.19. The van der Waals surface area contributed by atoms with Gasteiger partial charge in [-0.1, -0.05) is 6.07 Å². The van der Waals surface area contributed by atoms with Crippen molar-refractivity contribution in [2.45, 2.75) is 37.5 Å². The number of ether oxygens (including phenoxy) is 3. The Kier molecular flexibility index (Phi) is 7.42. The average molecular weight is 490 g/mol. The van der Waals surface area contributed by atoms with E-state index < -0.39 is 10.0 Å². The molecule has 1 saturated heterocycles. The SMILES string of the molecule is CC1CN(S(=O)(=O)c2ccc(NC(=O)CN(C)Cc3ccc4c(c3)OCCO4)cc2)CC(C)O1. The van der Waals surface area contributed by atoms with Gasteiger partial charge in [-0.2, -0.15) is 4.31 Å². The number of likely N-dealkylation sites (N-methyl/N-ethyl adjacent to an activating group) is 1. The first-order chi connectivity index (χ1) is 16.2. The lowest BCUT2D eigenvalue weighted by Crippen LogP contribution is -2.48. The third-order valence-electron chi connectivity index (χ3n) is 5.63. The number of sulfonamides is 1. The summed E-state index contributed by atoms with van der Waals surface area (Å²) in [4.78, 5) is 14.6. The first-order valence-electron chi connectivity index (χ1n) is 11.3. The summed E-state index contributed by atoms with van der Waals surface area (Å²) in [5, 5.41) is 2.83. The number of benzene rings is 2. The second-order valence-electron chi connectivity index (χ2n) is 8.80. The highest BCUT2D eigenvalue weighted by Crippen LogP contribution is 2.31. The van der Waals surface area contributed by atoms with Gasteiger partial charge >= 0.3 is 0 Å². The number of hydrogen-bond donors (Lipinski definition) is 1. The second kappa shape index (κ2) is 10.3. The lowest BCUT2D eigenvalue weighted by molar-refractivity contribution is -0.117. The summed E-state index contributed by atoms with van der Waals surface area (Å²) < 4.78 is 44.2. The third kappa shape index (κ3) is 5.87. The number of rotatable bonds is 7. The Morgan fingerprint density at radius 2 is 1.68 bits per heavy atom. The van der Waals surface area contributed by atoms with Gasteiger partial charge in [-0.15, -0.1) is 0 Å². The lowest BCUT2D eigenvalue weighted by atomic mass is 10.2. The maximum absolute atomic E-state index is 13.0.